The van der Waals surface area contributed by atoms with Crippen molar-refractivity contribution in [1.29, 1.82) is 0 Å². The predicted molar refractivity (Wildman–Crippen MR) is 136 cm³/mol. The number of hydrogen-bond acceptors (Lipinski definition) is 4. The van der Waals surface area contributed by atoms with Crippen LogP contribution < -0.4 is 15.6 Å². The number of aliphatic hydroxyl groups is 1. The van der Waals surface area contributed by atoms with Gasteiger partial charge in [0, 0.05) is 24.0 Å². The number of ether oxygens (including phenoxy) is 1. The number of aromatic nitrogens is 1. The average molecular weight is 461 g/mol. The maximum Gasteiger partial charge on any atom is 0.248 e. The molecule has 1 heterocycles. The summed E-state index contributed by atoms with van der Waals surface area (Å²) in [6, 6.07) is 17.6. The second kappa shape index (κ2) is 10.7. The molecule has 0 unspecified atom stereocenters. The van der Waals surface area contributed by atoms with Crippen LogP contribution in [0.4, 0.5) is 0 Å². The van der Waals surface area contributed by atoms with Crippen LogP contribution in [-0.4, -0.2) is 22.7 Å². The molecule has 2 fully saturated rings. The van der Waals surface area contributed by atoms with Gasteiger partial charge in [0.15, 0.2) is 0 Å². The molecule has 0 aliphatic heterocycles. The van der Waals surface area contributed by atoms with Gasteiger partial charge in [-0.05, 0) is 47.9 Å². The minimum Gasteiger partial charge on any atom is -0.487 e. The highest BCUT2D eigenvalue weighted by Crippen LogP contribution is 2.40. The van der Waals surface area contributed by atoms with E-state index in [4.69, 9.17) is 4.74 Å². The summed E-state index contributed by atoms with van der Waals surface area (Å²) in [4.78, 5) is 15.0. The number of aliphatic hydroxyl groups excluding tert-OH is 1. The molecule has 34 heavy (non-hydrogen) atoms. The Morgan fingerprint density at radius 3 is 2.59 bits per heavy atom. The third-order valence-corrected chi connectivity index (χ3v) is 7.88. The summed E-state index contributed by atoms with van der Waals surface area (Å²) in [6.45, 7) is 0.937. The fraction of sp³-hybridized carbons (Fsp3) is 0.483. The highest BCUT2D eigenvalue weighted by atomic mass is 16.5. The Morgan fingerprint density at radius 1 is 0.941 bits per heavy atom. The Hall–Kier alpha value is -2.63. The number of hydrogen-bond donors (Lipinski definition) is 3. The summed E-state index contributed by atoms with van der Waals surface area (Å²) < 4.78 is 6.05. The highest BCUT2D eigenvalue weighted by molar-refractivity contribution is 5.87. The van der Waals surface area contributed by atoms with Crippen molar-refractivity contribution in [3.63, 3.8) is 0 Å². The molecule has 0 radical (unpaired) electrons. The Morgan fingerprint density at radius 2 is 1.76 bits per heavy atom. The van der Waals surface area contributed by atoms with Gasteiger partial charge in [-0.25, -0.2) is 0 Å². The third-order valence-electron chi connectivity index (χ3n) is 7.88. The van der Waals surface area contributed by atoms with E-state index < -0.39 is 6.10 Å². The van der Waals surface area contributed by atoms with E-state index in [0.717, 1.165) is 28.3 Å². The van der Waals surface area contributed by atoms with E-state index in [-0.39, 0.29) is 5.56 Å². The van der Waals surface area contributed by atoms with Crippen molar-refractivity contribution in [2.24, 2.45) is 11.8 Å². The van der Waals surface area contributed by atoms with Gasteiger partial charge in [0.25, 0.3) is 0 Å². The summed E-state index contributed by atoms with van der Waals surface area (Å²) in [5.74, 6) is 2.21. The van der Waals surface area contributed by atoms with Crippen molar-refractivity contribution >= 4 is 10.9 Å². The van der Waals surface area contributed by atoms with E-state index >= 15 is 0 Å². The smallest absolute Gasteiger partial charge is 0.248 e. The molecule has 180 valence electrons. The van der Waals surface area contributed by atoms with Crippen LogP contribution in [0.1, 0.15) is 68.6 Å². The first-order chi connectivity index (χ1) is 16.7. The number of benzene rings is 2. The molecule has 2 aliphatic carbocycles. The van der Waals surface area contributed by atoms with Gasteiger partial charge in [-0.15, -0.1) is 0 Å². The van der Waals surface area contributed by atoms with Gasteiger partial charge in [-0.2, -0.15) is 0 Å². The van der Waals surface area contributed by atoms with Crippen LogP contribution in [0, 0.1) is 11.8 Å². The molecule has 3 N–H and O–H groups in total. The Balaban J connectivity index is 1.30. The van der Waals surface area contributed by atoms with Crippen LogP contribution in [0.5, 0.6) is 5.75 Å². The van der Waals surface area contributed by atoms with Crippen molar-refractivity contribution in [3.8, 4) is 5.75 Å². The molecule has 1 aromatic heterocycles. The SMILES string of the molecule is O=c1ccc2c([C@@H](O)CN[C@H]3CCC[C@H]3C3CCCCC3)ccc(OCc3ccccc3)c2[nH]1. The lowest BCUT2D eigenvalue weighted by molar-refractivity contribution is 0.155. The van der Waals surface area contributed by atoms with Crippen molar-refractivity contribution in [2.45, 2.75) is 70.1 Å². The zero-order valence-corrected chi connectivity index (χ0v) is 19.8. The molecular formula is C29H36N2O3. The van der Waals surface area contributed by atoms with E-state index in [2.05, 4.69) is 10.3 Å². The average Bonchev–Trinajstić information content (AvgIpc) is 3.35. The maximum absolute atomic E-state index is 12.1. The minimum absolute atomic E-state index is 0.178. The van der Waals surface area contributed by atoms with E-state index in [1.165, 1.54) is 57.4 Å². The Kier molecular flexibility index (Phi) is 7.31. The normalized spacial score (nSPS) is 22.1. The Bertz CT molecular complexity index is 1140. The second-order valence-electron chi connectivity index (χ2n) is 10.1. The van der Waals surface area contributed by atoms with Crippen LogP contribution in [0.15, 0.2) is 59.4 Å². The van der Waals surface area contributed by atoms with Crippen LogP contribution in [0.25, 0.3) is 10.9 Å². The van der Waals surface area contributed by atoms with Gasteiger partial charge >= 0.3 is 0 Å². The Labute approximate surface area is 201 Å². The van der Waals surface area contributed by atoms with Gasteiger partial charge in [-0.1, -0.05) is 74.9 Å². The quantitative estimate of drug-likeness (QED) is 0.416. The second-order valence-corrected chi connectivity index (χ2v) is 10.1. The molecular weight excluding hydrogens is 424 g/mol. The van der Waals surface area contributed by atoms with E-state index in [0.29, 0.717) is 30.5 Å². The lowest BCUT2D eigenvalue weighted by Crippen LogP contribution is -2.38. The van der Waals surface area contributed by atoms with Gasteiger partial charge in [0.05, 0.1) is 11.6 Å². The fourth-order valence-corrected chi connectivity index (χ4v) is 6.14. The fourth-order valence-electron chi connectivity index (χ4n) is 6.14. The first kappa shape index (κ1) is 23.1. The summed E-state index contributed by atoms with van der Waals surface area (Å²) in [7, 11) is 0. The van der Waals surface area contributed by atoms with Gasteiger partial charge in [0.2, 0.25) is 5.56 Å². The van der Waals surface area contributed by atoms with E-state index in [1.807, 2.05) is 42.5 Å². The summed E-state index contributed by atoms with van der Waals surface area (Å²) in [6.07, 6.45) is 10.0. The molecule has 5 heteroatoms. The zero-order chi connectivity index (χ0) is 23.3. The number of H-pyrrole nitrogens is 1. The van der Waals surface area contributed by atoms with Crippen LogP contribution >= 0.6 is 0 Å². The van der Waals surface area contributed by atoms with Crippen molar-refractivity contribution in [3.05, 3.63) is 76.1 Å². The van der Waals surface area contributed by atoms with Crippen molar-refractivity contribution < 1.29 is 9.84 Å². The van der Waals surface area contributed by atoms with Crippen LogP contribution in [0.2, 0.25) is 0 Å². The van der Waals surface area contributed by atoms with Gasteiger partial charge < -0.3 is 20.1 Å². The number of aromatic amines is 1. The first-order valence-electron chi connectivity index (χ1n) is 12.9. The summed E-state index contributed by atoms with van der Waals surface area (Å²) >= 11 is 0. The zero-order valence-electron chi connectivity index (χ0n) is 19.8. The lowest BCUT2D eigenvalue weighted by Gasteiger charge is -2.32. The molecule has 5 rings (SSSR count). The van der Waals surface area contributed by atoms with Crippen molar-refractivity contribution in [1.82, 2.24) is 10.3 Å². The number of pyridine rings is 1. The van der Waals surface area contributed by atoms with Crippen LogP contribution in [0.3, 0.4) is 0 Å². The lowest BCUT2D eigenvalue weighted by atomic mass is 9.77. The largest absolute Gasteiger partial charge is 0.487 e. The molecule has 2 saturated carbocycles. The molecule has 2 aromatic carbocycles. The topological polar surface area (TPSA) is 74.3 Å². The summed E-state index contributed by atoms with van der Waals surface area (Å²) in [5, 5.41) is 15.7. The van der Waals surface area contributed by atoms with Gasteiger partial charge in [-0.3, -0.25) is 4.79 Å². The van der Waals surface area contributed by atoms with E-state index in [1.54, 1.807) is 6.07 Å². The monoisotopic (exact) mass is 460 g/mol. The molecule has 0 saturated heterocycles. The molecule has 0 bridgehead atoms. The van der Waals surface area contributed by atoms with Crippen LogP contribution in [-0.2, 0) is 6.61 Å². The molecule has 2 aliphatic rings. The number of nitrogens with one attached hydrogen (secondary N) is 2. The number of rotatable bonds is 8. The standard InChI is InChI=1S/C29H36N2O3/c32-26(18-30-25-13-7-12-22(25)21-10-5-2-6-11-21)23-14-16-27(29-24(23)15-17-28(33)31-29)34-19-20-8-3-1-4-9-20/h1,3-4,8-9,14-17,21-22,25-26,30,32H,2,5-7,10-13,18-19H2,(H,31,33)/t22-,25-,26-/m0/s1. The third kappa shape index (κ3) is 5.21. The molecule has 3 atom stereocenters. The first-order valence-corrected chi connectivity index (χ1v) is 12.9. The molecule has 3 aromatic rings. The number of fused-ring (bicyclic) bond motifs is 1. The summed E-state index contributed by atoms with van der Waals surface area (Å²) in [5.41, 5.74) is 2.34. The van der Waals surface area contributed by atoms with E-state index in [9.17, 15) is 9.90 Å². The molecule has 0 spiro atoms. The molecule has 0 amide bonds. The maximum atomic E-state index is 12.1. The highest BCUT2D eigenvalue weighted by Gasteiger charge is 2.34. The van der Waals surface area contributed by atoms with Gasteiger partial charge in [0.1, 0.15) is 12.4 Å². The van der Waals surface area contributed by atoms with Crippen molar-refractivity contribution in [2.75, 3.05) is 6.54 Å². The predicted octanol–water partition coefficient (Wildman–Crippen LogP) is 5.48. The molecule has 5 nitrogen and oxygen atoms in total. The minimum atomic E-state index is -0.649.